The van der Waals surface area contributed by atoms with Crippen LogP contribution in [0.4, 0.5) is 0 Å². The van der Waals surface area contributed by atoms with E-state index >= 15 is 0 Å². The van der Waals surface area contributed by atoms with Crippen LogP contribution in [0.1, 0.15) is 13.3 Å². The molecule has 0 saturated carbocycles. The highest BCUT2D eigenvalue weighted by Crippen LogP contribution is 2.23. The molecule has 0 aliphatic heterocycles. The molecule has 0 aliphatic carbocycles. The minimum atomic E-state index is -0.519. The fourth-order valence-electron chi connectivity index (χ4n) is 1.98. The molecule has 0 amide bonds. The van der Waals surface area contributed by atoms with Gasteiger partial charge in [0, 0.05) is 0 Å². The van der Waals surface area contributed by atoms with Crippen molar-refractivity contribution in [3.8, 4) is 16.9 Å². The highest BCUT2D eigenvalue weighted by molar-refractivity contribution is 5.96. The largest absolute Gasteiger partial charge is 0.486 e. The molecular formula is C18H18O4. The normalized spacial score (nSPS) is 10.0. The molecule has 0 aromatic heterocycles. The highest BCUT2D eigenvalue weighted by atomic mass is 16.5. The average molecular weight is 298 g/mol. The molecule has 2 aromatic carbocycles. The third kappa shape index (κ3) is 4.74. The summed E-state index contributed by atoms with van der Waals surface area (Å²) in [6.07, 6.45) is -0.258. The highest BCUT2D eigenvalue weighted by Gasteiger charge is 2.11. The molecule has 2 rings (SSSR count). The van der Waals surface area contributed by atoms with Crippen molar-refractivity contribution in [1.29, 1.82) is 0 Å². The Morgan fingerprint density at radius 1 is 0.955 bits per heavy atom. The topological polar surface area (TPSA) is 52.6 Å². The Kier molecular flexibility index (Phi) is 5.72. The summed E-state index contributed by atoms with van der Waals surface area (Å²) >= 11 is 0. The third-order valence-electron chi connectivity index (χ3n) is 2.99. The molecule has 0 saturated heterocycles. The lowest BCUT2D eigenvalue weighted by atomic mass is 10.1. The van der Waals surface area contributed by atoms with Crippen molar-refractivity contribution in [3.63, 3.8) is 0 Å². The van der Waals surface area contributed by atoms with E-state index in [1.165, 1.54) is 0 Å². The standard InChI is InChI=1S/C18H18O4/c1-2-21-18(20)12-16(19)13-22-17-10-6-9-15(11-17)14-7-4-3-5-8-14/h3-11H,2,12-13H2,1H3. The van der Waals surface area contributed by atoms with Crippen molar-refractivity contribution < 1.29 is 19.1 Å². The van der Waals surface area contributed by atoms with Crippen molar-refractivity contribution >= 4 is 11.8 Å². The number of carbonyl (C=O) groups excluding carboxylic acids is 2. The van der Waals surface area contributed by atoms with Crippen LogP contribution in [0.25, 0.3) is 11.1 Å². The second-order valence-corrected chi connectivity index (χ2v) is 4.70. The second-order valence-electron chi connectivity index (χ2n) is 4.70. The maximum absolute atomic E-state index is 11.6. The van der Waals surface area contributed by atoms with Gasteiger partial charge in [0.2, 0.25) is 0 Å². The summed E-state index contributed by atoms with van der Waals surface area (Å²) in [5.41, 5.74) is 2.08. The van der Waals surface area contributed by atoms with Crippen LogP contribution in [0.2, 0.25) is 0 Å². The fraction of sp³-hybridized carbons (Fsp3) is 0.222. The van der Waals surface area contributed by atoms with Crippen LogP contribution in [-0.4, -0.2) is 25.0 Å². The summed E-state index contributed by atoms with van der Waals surface area (Å²) < 4.78 is 10.2. The van der Waals surface area contributed by atoms with Crippen LogP contribution < -0.4 is 4.74 Å². The zero-order valence-corrected chi connectivity index (χ0v) is 12.5. The van der Waals surface area contributed by atoms with Gasteiger partial charge in [0.05, 0.1) is 6.61 Å². The monoisotopic (exact) mass is 298 g/mol. The van der Waals surface area contributed by atoms with Crippen LogP contribution in [0, 0.1) is 0 Å². The predicted molar refractivity (Wildman–Crippen MR) is 83.6 cm³/mol. The summed E-state index contributed by atoms with van der Waals surface area (Å²) in [7, 11) is 0. The molecule has 0 fully saturated rings. The number of Topliss-reactive ketones (excluding diaryl/α,β-unsaturated/α-hetero) is 1. The molecular weight excluding hydrogens is 280 g/mol. The van der Waals surface area contributed by atoms with Gasteiger partial charge in [-0.25, -0.2) is 0 Å². The second kappa shape index (κ2) is 7.98. The van der Waals surface area contributed by atoms with Crippen LogP contribution in [0.3, 0.4) is 0 Å². The van der Waals surface area contributed by atoms with Crippen LogP contribution >= 0.6 is 0 Å². The lowest BCUT2D eigenvalue weighted by Gasteiger charge is -2.08. The maximum atomic E-state index is 11.6. The number of hydrogen-bond donors (Lipinski definition) is 0. The van der Waals surface area contributed by atoms with Gasteiger partial charge in [-0.15, -0.1) is 0 Å². The molecule has 0 bridgehead atoms. The maximum Gasteiger partial charge on any atom is 0.313 e. The summed E-state index contributed by atoms with van der Waals surface area (Å²) in [4.78, 5) is 22.8. The van der Waals surface area contributed by atoms with Crippen molar-refractivity contribution in [1.82, 2.24) is 0 Å². The Morgan fingerprint density at radius 3 is 2.41 bits per heavy atom. The Bertz CT molecular complexity index is 635. The van der Waals surface area contributed by atoms with Gasteiger partial charge < -0.3 is 9.47 Å². The van der Waals surface area contributed by atoms with Crippen LogP contribution in [-0.2, 0) is 14.3 Å². The Hall–Kier alpha value is -2.62. The Balaban J connectivity index is 1.94. The summed E-state index contributed by atoms with van der Waals surface area (Å²) in [5.74, 6) is -0.226. The van der Waals surface area contributed by atoms with E-state index in [0.29, 0.717) is 5.75 Å². The van der Waals surface area contributed by atoms with Gasteiger partial charge in [0.25, 0.3) is 0 Å². The lowest BCUT2D eigenvalue weighted by molar-refractivity contribution is -0.145. The SMILES string of the molecule is CCOC(=O)CC(=O)COc1cccc(-c2ccccc2)c1. The predicted octanol–water partition coefficient (Wildman–Crippen LogP) is 3.25. The van der Waals surface area contributed by atoms with E-state index in [-0.39, 0.29) is 25.4 Å². The number of esters is 1. The molecule has 22 heavy (non-hydrogen) atoms. The van der Waals surface area contributed by atoms with E-state index in [1.807, 2.05) is 48.5 Å². The van der Waals surface area contributed by atoms with Crippen LogP contribution in [0.15, 0.2) is 54.6 Å². The number of ether oxygens (including phenoxy) is 2. The molecule has 0 aliphatic rings. The van der Waals surface area contributed by atoms with Crippen molar-refractivity contribution in [2.75, 3.05) is 13.2 Å². The molecule has 0 atom stereocenters. The Morgan fingerprint density at radius 2 is 1.68 bits per heavy atom. The van der Waals surface area contributed by atoms with E-state index in [4.69, 9.17) is 9.47 Å². The molecule has 0 unspecified atom stereocenters. The van der Waals surface area contributed by atoms with E-state index in [2.05, 4.69) is 0 Å². The first-order valence-corrected chi connectivity index (χ1v) is 7.14. The molecule has 0 heterocycles. The summed E-state index contributed by atoms with van der Waals surface area (Å²) in [6.45, 7) is 1.83. The average Bonchev–Trinajstić information content (AvgIpc) is 2.54. The molecule has 0 N–H and O–H groups in total. The van der Waals surface area contributed by atoms with E-state index in [1.54, 1.807) is 13.0 Å². The van der Waals surface area contributed by atoms with E-state index in [0.717, 1.165) is 11.1 Å². The van der Waals surface area contributed by atoms with Gasteiger partial charge in [0.1, 0.15) is 18.8 Å². The summed E-state index contributed by atoms with van der Waals surface area (Å²) in [5, 5.41) is 0. The van der Waals surface area contributed by atoms with Gasteiger partial charge in [-0.3, -0.25) is 9.59 Å². The minimum absolute atomic E-state index is 0.142. The summed E-state index contributed by atoms with van der Waals surface area (Å²) in [6, 6.07) is 17.4. The Labute approximate surface area is 129 Å². The number of carbonyl (C=O) groups is 2. The van der Waals surface area contributed by atoms with Crippen molar-refractivity contribution in [3.05, 3.63) is 54.6 Å². The van der Waals surface area contributed by atoms with Gasteiger partial charge in [0.15, 0.2) is 5.78 Å². The third-order valence-corrected chi connectivity index (χ3v) is 2.99. The van der Waals surface area contributed by atoms with Crippen LogP contribution in [0.5, 0.6) is 5.75 Å². The number of benzene rings is 2. The smallest absolute Gasteiger partial charge is 0.313 e. The minimum Gasteiger partial charge on any atom is -0.486 e. The first-order chi connectivity index (χ1) is 10.7. The van der Waals surface area contributed by atoms with Gasteiger partial charge in [-0.2, -0.15) is 0 Å². The lowest BCUT2D eigenvalue weighted by Crippen LogP contribution is -2.17. The molecule has 0 spiro atoms. The number of ketones is 1. The molecule has 0 radical (unpaired) electrons. The molecule has 114 valence electrons. The van der Waals surface area contributed by atoms with Crippen molar-refractivity contribution in [2.24, 2.45) is 0 Å². The molecule has 2 aromatic rings. The van der Waals surface area contributed by atoms with Gasteiger partial charge in [-0.1, -0.05) is 42.5 Å². The number of hydrogen-bond acceptors (Lipinski definition) is 4. The van der Waals surface area contributed by atoms with E-state index < -0.39 is 5.97 Å². The number of rotatable bonds is 7. The fourth-order valence-corrected chi connectivity index (χ4v) is 1.98. The van der Waals surface area contributed by atoms with Gasteiger partial charge in [-0.05, 0) is 30.2 Å². The molecule has 4 heteroatoms. The van der Waals surface area contributed by atoms with E-state index in [9.17, 15) is 9.59 Å². The van der Waals surface area contributed by atoms with Crippen molar-refractivity contribution in [2.45, 2.75) is 13.3 Å². The van der Waals surface area contributed by atoms with Gasteiger partial charge >= 0.3 is 5.97 Å². The first kappa shape index (κ1) is 15.8. The quantitative estimate of drug-likeness (QED) is 0.581. The zero-order valence-electron chi connectivity index (χ0n) is 12.5. The zero-order chi connectivity index (χ0) is 15.8. The molecule has 4 nitrogen and oxygen atoms in total. The first-order valence-electron chi connectivity index (χ1n) is 7.14.